The van der Waals surface area contributed by atoms with Crippen molar-refractivity contribution in [3.8, 4) is 0 Å². The van der Waals surface area contributed by atoms with Crippen molar-refractivity contribution in [2.45, 2.75) is 11.4 Å². The molecule has 1 aromatic heterocycles. The van der Waals surface area contributed by atoms with E-state index in [4.69, 9.17) is 10.7 Å². The normalized spacial score (nSPS) is 11.3. The van der Waals surface area contributed by atoms with Crippen LogP contribution >= 0.6 is 10.7 Å². The van der Waals surface area contributed by atoms with Gasteiger partial charge in [-0.15, -0.1) is 0 Å². The molecule has 0 atom stereocenters. The summed E-state index contributed by atoms with van der Waals surface area (Å²) in [4.78, 5) is 36.2. The monoisotopic (exact) mass is 295 g/mol. The first-order valence-corrected chi connectivity index (χ1v) is 6.92. The Hall–Kier alpha value is -1.61. The number of hydrogen-bond donors (Lipinski definition) is 1. The number of aromatic nitrogens is 2. The van der Waals surface area contributed by atoms with Crippen LogP contribution in [-0.2, 0) is 20.4 Å². The summed E-state index contributed by atoms with van der Waals surface area (Å²) in [6.07, 6.45) is 0.741. The van der Waals surface area contributed by atoms with Crippen molar-refractivity contribution >= 4 is 25.6 Å². The second-order valence-electron chi connectivity index (χ2n) is 3.61. The predicted octanol–water partition coefficient (Wildman–Crippen LogP) is -1.45. The Morgan fingerprint density at radius 2 is 2.00 bits per heavy atom. The number of nitrogens with zero attached hydrogens (tertiary/aromatic N) is 2. The van der Waals surface area contributed by atoms with Crippen LogP contribution in [-0.4, -0.2) is 42.9 Å². The summed E-state index contributed by atoms with van der Waals surface area (Å²) in [6, 6.07) is 0. The first kappa shape index (κ1) is 14.5. The number of aromatic amines is 1. The van der Waals surface area contributed by atoms with Crippen molar-refractivity contribution in [2.24, 2.45) is 0 Å². The third kappa shape index (κ3) is 3.20. The lowest BCUT2D eigenvalue weighted by Crippen LogP contribution is -2.36. The van der Waals surface area contributed by atoms with Crippen LogP contribution in [0, 0.1) is 0 Å². The van der Waals surface area contributed by atoms with Crippen molar-refractivity contribution < 1.29 is 13.2 Å². The molecule has 0 radical (unpaired) electrons. The van der Waals surface area contributed by atoms with E-state index in [9.17, 15) is 22.8 Å². The Bertz CT molecular complexity index is 687. The van der Waals surface area contributed by atoms with Crippen molar-refractivity contribution in [3.05, 3.63) is 27.0 Å². The molecule has 1 N–H and O–H groups in total. The number of amides is 1. The molecule has 1 rings (SSSR count). The minimum absolute atomic E-state index is 0.401. The summed E-state index contributed by atoms with van der Waals surface area (Å²) >= 11 is 0. The second kappa shape index (κ2) is 4.94. The van der Waals surface area contributed by atoms with E-state index in [2.05, 4.69) is 0 Å². The summed E-state index contributed by atoms with van der Waals surface area (Å²) in [5.74, 6) is -0.443. The molecule has 0 spiro atoms. The number of nitrogens with one attached hydrogen (secondary N) is 1. The number of carbonyl (C=O) groups is 1. The van der Waals surface area contributed by atoms with Gasteiger partial charge < -0.3 is 4.90 Å². The fraction of sp³-hybridized carbons (Fsp3) is 0.375. The first-order valence-electron chi connectivity index (χ1n) is 4.61. The van der Waals surface area contributed by atoms with E-state index in [1.807, 2.05) is 0 Å². The molecular weight excluding hydrogens is 286 g/mol. The average molecular weight is 296 g/mol. The number of halogens is 1. The summed E-state index contributed by atoms with van der Waals surface area (Å²) < 4.78 is 22.9. The van der Waals surface area contributed by atoms with Gasteiger partial charge in [0.2, 0.25) is 5.91 Å². The number of hydrogen-bond acceptors (Lipinski definition) is 5. The van der Waals surface area contributed by atoms with Crippen LogP contribution in [0.5, 0.6) is 0 Å². The Morgan fingerprint density at radius 1 is 1.44 bits per heavy atom. The van der Waals surface area contributed by atoms with Crippen LogP contribution < -0.4 is 11.2 Å². The molecule has 8 nitrogen and oxygen atoms in total. The highest BCUT2D eigenvalue weighted by Gasteiger charge is 2.18. The van der Waals surface area contributed by atoms with E-state index in [0.29, 0.717) is 0 Å². The zero-order valence-corrected chi connectivity index (χ0v) is 11.1. The molecule has 0 fully saturated rings. The van der Waals surface area contributed by atoms with Gasteiger partial charge in [0.15, 0.2) is 4.90 Å². The minimum Gasteiger partial charge on any atom is -0.347 e. The Morgan fingerprint density at radius 3 is 2.44 bits per heavy atom. The Kier molecular flexibility index (Phi) is 3.97. The topological polar surface area (TPSA) is 109 Å². The summed E-state index contributed by atoms with van der Waals surface area (Å²) in [6.45, 7) is -0.401. The molecule has 0 saturated heterocycles. The molecular formula is C8H10ClN3O5S. The van der Waals surface area contributed by atoms with Gasteiger partial charge in [0.1, 0.15) is 6.54 Å². The summed E-state index contributed by atoms with van der Waals surface area (Å²) in [5, 5.41) is 0. The maximum absolute atomic E-state index is 11.4. The number of carbonyl (C=O) groups excluding carboxylic acids is 1. The van der Waals surface area contributed by atoms with Crippen LogP contribution in [0.2, 0.25) is 0 Å². The van der Waals surface area contributed by atoms with Crippen LogP contribution in [0.25, 0.3) is 0 Å². The molecule has 1 amide bonds. The van der Waals surface area contributed by atoms with Gasteiger partial charge in [0.05, 0.1) is 0 Å². The average Bonchev–Trinajstić information content (AvgIpc) is 2.19. The van der Waals surface area contributed by atoms with Gasteiger partial charge in [-0.25, -0.2) is 13.2 Å². The zero-order chi connectivity index (χ0) is 14.1. The van der Waals surface area contributed by atoms with Gasteiger partial charge in [0, 0.05) is 31.0 Å². The van der Waals surface area contributed by atoms with E-state index < -0.39 is 37.6 Å². The number of rotatable bonds is 3. The lowest BCUT2D eigenvalue weighted by atomic mass is 10.5. The number of H-pyrrole nitrogens is 1. The maximum atomic E-state index is 11.4. The molecule has 10 heteroatoms. The lowest BCUT2D eigenvalue weighted by Gasteiger charge is -2.11. The molecule has 0 aliphatic heterocycles. The third-order valence-electron chi connectivity index (χ3n) is 2.05. The molecule has 0 aliphatic carbocycles. The van der Waals surface area contributed by atoms with Gasteiger partial charge in [0.25, 0.3) is 14.6 Å². The lowest BCUT2D eigenvalue weighted by molar-refractivity contribution is -0.129. The van der Waals surface area contributed by atoms with Crippen LogP contribution in [0.3, 0.4) is 0 Å². The minimum atomic E-state index is -4.28. The van der Waals surface area contributed by atoms with Gasteiger partial charge in [-0.3, -0.25) is 19.1 Å². The molecule has 1 aromatic rings. The quantitative estimate of drug-likeness (QED) is 0.686. The Labute approximate surface area is 106 Å². The van der Waals surface area contributed by atoms with Gasteiger partial charge >= 0.3 is 5.69 Å². The number of likely N-dealkylation sites (N-methyl/N-ethyl adjacent to an activating group) is 1. The SMILES string of the molecule is CN(C)C(=O)Cn1cc(S(=O)(=O)Cl)c(=O)[nH]c1=O. The predicted molar refractivity (Wildman–Crippen MR) is 63.1 cm³/mol. The van der Waals surface area contributed by atoms with Crippen LogP contribution in [0.1, 0.15) is 0 Å². The van der Waals surface area contributed by atoms with Gasteiger partial charge in [-0.05, 0) is 0 Å². The zero-order valence-electron chi connectivity index (χ0n) is 9.51. The Balaban J connectivity index is 3.36. The summed E-state index contributed by atoms with van der Waals surface area (Å²) in [5.41, 5.74) is -2.01. The van der Waals surface area contributed by atoms with Crippen LogP contribution in [0.15, 0.2) is 20.7 Å². The van der Waals surface area contributed by atoms with Crippen LogP contribution in [0.4, 0.5) is 0 Å². The largest absolute Gasteiger partial charge is 0.347 e. The third-order valence-corrected chi connectivity index (χ3v) is 3.36. The molecule has 1 heterocycles. The van der Waals surface area contributed by atoms with Gasteiger partial charge in [-0.1, -0.05) is 0 Å². The van der Waals surface area contributed by atoms with Crippen molar-refractivity contribution in [1.29, 1.82) is 0 Å². The molecule has 18 heavy (non-hydrogen) atoms. The first-order chi connectivity index (χ1) is 8.12. The molecule has 0 aliphatic rings. The molecule has 0 bridgehead atoms. The second-order valence-corrected chi connectivity index (χ2v) is 6.14. The maximum Gasteiger partial charge on any atom is 0.328 e. The highest BCUT2D eigenvalue weighted by atomic mass is 35.7. The van der Waals surface area contributed by atoms with Gasteiger partial charge in [-0.2, -0.15) is 0 Å². The standard InChI is InChI=1S/C8H10ClN3O5S/c1-11(2)6(13)4-12-3-5(18(9,16)17)7(14)10-8(12)15/h3H,4H2,1-2H3,(H,10,14,15). The molecule has 0 aromatic carbocycles. The van der Waals surface area contributed by atoms with Crippen molar-refractivity contribution in [3.63, 3.8) is 0 Å². The highest BCUT2D eigenvalue weighted by molar-refractivity contribution is 8.13. The van der Waals surface area contributed by atoms with Crippen molar-refractivity contribution in [1.82, 2.24) is 14.5 Å². The highest BCUT2D eigenvalue weighted by Crippen LogP contribution is 2.07. The van der Waals surface area contributed by atoms with E-state index in [-0.39, 0.29) is 0 Å². The fourth-order valence-corrected chi connectivity index (χ4v) is 1.92. The van der Waals surface area contributed by atoms with E-state index in [1.54, 1.807) is 4.98 Å². The molecule has 0 saturated carbocycles. The van der Waals surface area contributed by atoms with E-state index in [0.717, 1.165) is 10.8 Å². The summed E-state index contributed by atoms with van der Waals surface area (Å²) in [7, 11) is 3.68. The molecule has 100 valence electrons. The van der Waals surface area contributed by atoms with E-state index >= 15 is 0 Å². The smallest absolute Gasteiger partial charge is 0.328 e. The van der Waals surface area contributed by atoms with E-state index in [1.165, 1.54) is 19.0 Å². The fourth-order valence-electron chi connectivity index (χ4n) is 1.07. The molecule has 0 unspecified atom stereocenters. The van der Waals surface area contributed by atoms with Crippen molar-refractivity contribution in [2.75, 3.05) is 14.1 Å².